The van der Waals surface area contributed by atoms with E-state index in [2.05, 4.69) is 10.6 Å². The molecule has 1 atom stereocenters. The molecule has 1 aromatic carbocycles. The molecule has 0 bridgehead atoms. The van der Waals surface area contributed by atoms with Gasteiger partial charge in [0.05, 0.1) is 11.2 Å². The summed E-state index contributed by atoms with van der Waals surface area (Å²) in [5.41, 5.74) is 1.56. The Bertz CT molecular complexity index is 1000. The largest absolute Gasteiger partial charge is 0.469 e. The molecule has 0 radical (unpaired) electrons. The van der Waals surface area contributed by atoms with Crippen molar-refractivity contribution in [2.45, 2.75) is 44.0 Å². The van der Waals surface area contributed by atoms with E-state index in [4.69, 9.17) is 4.42 Å². The summed E-state index contributed by atoms with van der Waals surface area (Å²) in [6, 6.07) is 8.50. The molecule has 2 aromatic rings. The summed E-state index contributed by atoms with van der Waals surface area (Å²) >= 11 is 0. The molecule has 2 amide bonds. The standard InChI is InChI=1S/C21H27N3O5S/c1-15-7-8-16(2)19(13-15)30(27,28)24-11-3-5-17(24)14-23-21(26)20(25)22-10-9-18-6-4-12-29-18/h4,6-8,12-13,17H,3,5,9-11,14H2,1-2H3,(H,22,25)(H,23,26)/t17-/m1/s1. The Balaban J connectivity index is 1.56. The van der Waals surface area contributed by atoms with Gasteiger partial charge in [-0.05, 0) is 56.0 Å². The molecule has 0 saturated carbocycles. The number of furan rings is 1. The second-order valence-electron chi connectivity index (χ2n) is 7.48. The van der Waals surface area contributed by atoms with E-state index in [-0.39, 0.29) is 24.0 Å². The zero-order valence-electron chi connectivity index (χ0n) is 17.2. The fourth-order valence-corrected chi connectivity index (χ4v) is 5.57. The van der Waals surface area contributed by atoms with Crippen molar-refractivity contribution in [3.63, 3.8) is 0 Å². The molecule has 162 valence electrons. The van der Waals surface area contributed by atoms with Gasteiger partial charge in [-0.1, -0.05) is 12.1 Å². The van der Waals surface area contributed by atoms with Crippen LogP contribution in [0.15, 0.2) is 45.9 Å². The number of carbonyl (C=O) groups excluding carboxylic acids is 2. The van der Waals surface area contributed by atoms with Crippen molar-refractivity contribution >= 4 is 21.8 Å². The third-order valence-corrected chi connectivity index (χ3v) is 7.29. The van der Waals surface area contributed by atoms with Gasteiger partial charge in [0.25, 0.3) is 0 Å². The van der Waals surface area contributed by atoms with E-state index in [1.807, 2.05) is 13.0 Å². The molecule has 1 fully saturated rings. The van der Waals surface area contributed by atoms with Crippen molar-refractivity contribution in [2.24, 2.45) is 0 Å². The minimum absolute atomic E-state index is 0.0918. The van der Waals surface area contributed by atoms with E-state index in [0.29, 0.717) is 37.1 Å². The Morgan fingerprint density at radius 3 is 2.67 bits per heavy atom. The Labute approximate surface area is 176 Å². The predicted octanol–water partition coefficient (Wildman–Crippen LogP) is 1.52. The quantitative estimate of drug-likeness (QED) is 0.644. The Morgan fingerprint density at radius 2 is 1.93 bits per heavy atom. The lowest BCUT2D eigenvalue weighted by Crippen LogP contribution is -2.47. The smallest absolute Gasteiger partial charge is 0.309 e. The van der Waals surface area contributed by atoms with Crippen LogP contribution in [0.1, 0.15) is 29.7 Å². The first-order chi connectivity index (χ1) is 14.3. The minimum atomic E-state index is -3.68. The zero-order chi connectivity index (χ0) is 21.7. The molecular weight excluding hydrogens is 406 g/mol. The normalized spacial score (nSPS) is 17.1. The van der Waals surface area contributed by atoms with E-state index in [1.165, 1.54) is 4.31 Å². The van der Waals surface area contributed by atoms with Crippen molar-refractivity contribution in [2.75, 3.05) is 19.6 Å². The highest BCUT2D eigenvalue weighted by molar-refractivity contribution is 7.89. The van der Waals surface area contributed by atoms with Crippen molar-refractivity contribution in [1.82, 2.24) is 14.9 Å². The van der Waals surface area contributed by atoms with Gasteiger partial charge in [0, 0.05) is 32.1 Å². The van der Waals surface area contributed by atoms with Crippen LogP contribution in [0.3, 0.4) is 0 Å². The molecule has 1 saturated heterocycles. The van der Waals surface area contributed by atoms with E-state index in [1.54, 1.807) is 37.5 Å². The summed E-state index contributed by atoms with van der Waals surface area (Å²) in [6.45, 7) is 4.38. The van der Waals surface area contributed by atoms with Crippen LogP contribution in [-0.2, 0) is 26.0 Å². The molecule has 8 nitrogen and oxygen atoms in total. The molecule has 2 heterocycles. The first-order valence-corrected chi connectivity index (χ1v) is 11.4. The van der Waals surface area contributed by atoms with Gasteiger partial charge in [-0.15, -0.1) is 0 Å². The topological polar surface area (TPSA) is 109 Å². The molecule has 9 heteroatoms. The maximum atomic E-state index is 13.2. The lowest BCUT2D eigenvalue weighted by molar-refractivity contribution is -0.139. The van der Waals surface area contributed by atoms with Gasteiger partial charge in [-0.3, -0.25) is 9.59 Å². The average molecular weight is 434 g/mol. The molecule has 3 rings (SSSR count). The molecule has 30 heavy (non-hydrogen) atoms. The molecule has 0 unspecified atom stereocenters. The van der Waals surface area contributed by atoms with E-state index < -0.39 is 21.8 Å². The second-order valence-corrected chi connectivity index (χ2v) is 9.34. The minimum Gasteiger partial charge on any atom is -0.469 e. The van der Waals surface area contributed by atoms with Crippen molar-refractivity contribution in [3.8, 4) is 0 Å². The third-order valence-electron chi connectivity index (χ3n) is 5.19. The fraction of sp³-hybridized carbons (Fsp3) is 0.429. The van der Waals surface area contributed by atoms with Crippen LogP contribution in [0.2, 0.25) is 0 Å². The summed E-state index contributed by atoms with van der Waals surface area (Å²) in [4.78, 5) is 24.4. The van der Waals surface area contributed by atoms with E-state index >= 15 is 0 Å². The second kappa shape index (κ2) is 9.44. The fourth-order valence-electron chi connectivity index (χ4n) is 3.57. The maximum absolute atomic E-state index is 13.2. The summed E-state index contributed by atoms with van der Waals surface area (Å²) in [5, 5.41) is 5.10. The van der Waals surface area contributed by atoms with Crippen LogP contribution in [0.25, 0.3) is 0 Å². The molecular formula is C21H27N3O5S. The first-order valence-electron chi connectivity index (χ1n) is 9.96. The summed E-state index contributed by atoms with van der Waals surface area (Å²) in [7, 11) is -3.68. The van der Waals surface area contributed by atoms with Gasteiger partial charge in [0.15, 0.2) is 0 Å². The Morgan fingerprint density at radius 1 is 1.17 bits per heavy atom. The van der Waals surface area contributed by atoms with E-state index in [0.717, 1.165) is 5.56 Å². The Hall–Kier alpha value is -2.65. The Kier molecular flexibility index (Phi) is 6.94. The highest BCUT2D eigenvalue weighted by Crippen LogP contribution is 2.28. The highest BCUT2D eigenvalue weighted by Gasteiger charge is 2.36. The molecule has 1 aromatic heterocycles. The third kappa shape index (κ3) is 5.09. The number of amides is 2. The summed E-state index contributed by atoms with van der Waals surface area (Å²) < 4.78 is 33.0. The molecule has 1 aliphatic rings. The highest BCUT2D eigenvalue weighted by atomic mass is 32.2. The number of rotatable bonds is 7. The lowest BCUT2D eigenvalue weighted by atomic mass is 10.2. The van der Waals surface area contributed by atoms with Gasteiger partial charge in [-0.2, -0.15) is 4.31 Å². The number of nitrogens with zero attached hydrogens (tertiary/aromatic N) is 1. The average Bonchev–Trinajstić information content (AvgIpc) is 3.39. The van der Waals surface area contributed by atoms with Gasteiger partial charge in [-0.25, -0.2) is 8.42 Å². The van der Waals surface area contributed by atoms with Crippen LogP contribution in [0.4, 0.5) is 0 Å². The van der Waals surface area contributed by atoms with Crippen LogP contribution in [0.5, 0.6) is 0 Å². The molecule has 1 aliphatic heterocycles. The number of aryl methyl sites for hydroxylation is 2. The van der Waals surface area contributed by atoms with Gasteiger partial charge in [0.1, 0.15) is 5.76 Å². The molecule has 0 aliphatic carbocycles. The summed E-state index contributed by atoms with van der Waals surface area (Å²) in [6.07, 6.45) is 3.37. The van der Waals surface area contributed by atoms with E-state index in [9.17, 15) is 18.0 Å². The summed E-state index contributed by atoms with van der Waals surface area (Å²) in [5.74, 6) is -0.803. The lowest BCUT2D eigenvalue weighted by Gasteiger charge is -2.25. The number of carbonyl (C=O) groups is 2. The SMILES string of the molecule is Cc1ccc(C)c(S(=O)(=O)N2CCC[C@@H]2CNC(=O)C(=O)NCCc2ccco2)c1. The van der Waals surface area contributed by atoms with Crippen LogP contribution in [0, 0.1) is 13.8 Å². The number of nitrogens with one attached hydrogen (secondary N) is 2. The van der Waals surface area contributed by atoms with Gasteiger partial charge in [0.2, 0.25) is 10.0 Å². The monoisotopic (exact) mass is 433 g/mol. The van der Waals surface area contributed by atoms with Gasteiger partial charge < -0.3 is 15.1 Å². The van der Waals surface area contributed by atoms with Crippen molar-refractivity contribution in [1.29, 1.82) is 0 Å². The van der Waals surface area contributed by atoms with Crippen LogP contribution < -0.4 is 10.6 Å². The predicted molar refractivity (Wildman–Crippen MR) is 111 cm³/mol. The molecule has 2 N–H and O–H groups in total. The maximum Gasteiger partial charge on any atom is 0.309 e. The number of sulfonamides is 1. The zero-order valence-corrected chi connectivity index (χ0v) is 18.0. The molecule has 0 spiro atoms. The van der Waals surface area contributed by atoms with Gasteiger partial charge >= 0.3 is 11.8 Å². The number of hydrogen-bond donors (Lipinski definition) is 2. The van der Waals surface area contributed by atoms with Crippen LogP contribution >= 0.6 is 0 Å². The number of hydrogen-bond acceptors (Lipinski definition) is 5. The number of benzene rings is 1. The van der Waals surface area contributed by atoms with Crippen molar-refractivity contribution < 1.29 is 22.4 Å². The van der Waals surface area contributed by atoms with Crippen LogP contribution in [-0.4, -0.2) is 50.2 Å². The first kappa shape index (κ1) is 22.0. The van der Waals surface area contributed by atoms with Crippen molar-refractivity contribution in [3.05, 3.63) is 53.5 Å².